The van der Waals surface area contributed by atoms with E-state index in [1.807, 2.05) is 0 Å². The lowest BCUT2D eigenvalue weighted by molar-refractivity contribution is -0.301. The molecule has 12 heteroatoms. The van der Waals surface area contributed by atoms with Crippen LogP contribution in [-0.4, -0.2) is 89.2 Å². The van der Waals surface area contributed by atoms with Gasteiger partial charge in [-0.15, -0.1) is 0 Å². The number of aliphatic hydroxyl groups is 2. The van der Waals surface area contributed by atoms with Gasteiger partial charge in [0.1, 0.15) is 18.8 Å². The number of carboxylic acids is 1. The van der Waals surface area contributed by atoms with Crippen LogP contribution in [0.25, 0.3) is 0 Å². The Bertz CT molecular complexity index is 1490. The molecule has 1 aliphatic rings. The normalized spacial score (nSPS) is 18.4. The molecule has 75 heavy (non-hydrogen) atoms. The molecule has 0 spiro atoms. The first kappa shape index (κ1) is 69.7. The van der Waals surface area contributed by atoms with Gasteiger partial charge in [0.2, 0.25) is 0 Å². The summed E-state index contributed by atoms with van der Waals surface area (Å²) in [5, 5.41) is 31.5. The number of hydrogen-bond acceptors (Lipinski definition) is 11. The van der Waals surface area contributed by atoms with Gasteiger partial charge in [0.15, 0.2) is 24.6 Å². The molecule has 0 radical (unpaired) electrons. The maximum atomic E-state index is 13.2. The maximum absolute atomic E-state index is 13.2. The summed E-state index contributed by atoms with van der Waals surface area (Å²) in [6.45, 7) is 5.88. The molecule has 0 amide bonds. The Hall–Kier alpha value is -3.32. The fourth-order valence-corrected chi connectivity index (χ4v) is 9.24. The van der Waals surface area contributed by atoms with Gasteiger partial charge in [-0.25, -0.2) is 4.79 Å². The number of esters is 3. The second-order valence-electron chi connectivity index (χ2n) is 21.0. The van der Waals surface area contributed by atoms with Crippen molar-refractivity contribution in [2.75, 3.05) is 13.2 Å². The zero-order valence-corrected chi connectivity index (χ0v) is 47.8. The zero-order chi connectivity index (χ0) is 54.7. The van der Waals surface area contributed by atoms with Crippen molar-refractivity contribution in [2.45, 2.75) is 314 Å². The number of unbranched alkanes of at least 4 members (excludes halogenated alkanes) is 30. The molecule has 434 valence electrons. The standard InChI is InChI=1S/C63H110O12/c1-4-7-10-13-16-19-22-24-26-27-28-29-31-32-35-37-40-43-46-49-55(64)71-52-54(73-56(65)50-47-44-41-39-36-33-30-25-23-20-17-14-11-8-5-2)53-72-63-61(59(68)58(67)60(75-63)62(69)70)74-57(66)51-48-45-42-38-34-21-18-15-12-9-6-3/h7,10,16,19,24,26,28-29,54,58-61,63,67-68H,4-6,8-9,11-15,17-18,20-23,25,27,30-53H2,1-3H3,(H,69,70)/b10-7-,19-16-,26-24-,29-28-. The Morgan fingerprint density at radius 2 is 0.840 bits per heavy atom. The third-order valence-electron chi connectivity index (χ3n) is 13.9. The smallest absolute Gasteiger partial charge is 0.335 e. The first-order valence-corrected chi connectivity index (χ1v) is 30.6. The summed E-state index contributed by atoms with van der Waals surface area (Å²) in [6.07, 6.45) is 49.4. The molecule has 0 bridgehead atoms. The summed E-state index contributed by atoms with van der Waals surface area (Å²) < 4.78 is 28.4. The third kappa shape index (κ3) is 41.5. The topological polar surface area (TPSA) is 175 Å². The lowest BCUT2D eigenvalue weighted by atomic mass is 9.98. The van der Waals surface area contributed by atoms with Crippen LogP contribution >= 0.6 is 0 Å². The van der Waals surface area contributed by atoms with Crippen molar-refractivity contribution in [3.05, 3.63) is 48.6 Å². The highest BCUT2D eigenvalue weighted by atomic mass is 16.7. The molecule has 6 atom stereocenters. The average Bonchev–Trinajstić information content (AvgIpc) is 3.39. The van der Waals surface area contributed by atoms with Gasteiger partial charge in [-0.3, -0.25) is 14.4 Å². The maximum Gasteiger partial charge on any atom is 0.335 e. The number of aliphatic hydroxyl groups excluding tert-OH is 2. The van der Waals surface area contributed by atoms with Gasteiger partial charge >= 0.3 is 23.9 Å². The van der Waals surface area contributed by atoms with E-state index in [1.165, 1.54) is 109 Å². The van der Waals surface area contributed by atoms with Crippen LogP contribution in [0, 0.1) is 0 Å². The van der Waals surface area contributed by atoms with Crippen molar-refractivity contribution in [2.24, 2.45) is 0 Å². The summed E-state index contributed by atoms with van der Waals surface area (Å²) in [7, 11) is 0. The van der Waals surface area contributed by atoms with Gasteiger partial charge in [0.05, 0.1) is 6.61 Å². The van der Waals surface area contributed by atoms with Crippen LogP contribution in [-0.2, 0) is 42.9 Å². The third-order valence-corrected chi connectivity index (χ3v) is 13.9. The number of allylic oxidation sites excluding steroid dienone is 8. The highest BCUT2D eigenvalue weighted by Gasteiger charge is 2.50. The van der Waals surface area contributed by atoms with Crippen LogP contribution in [0.15, 0.2) is 48.6 Å². The number of aliphatic carboxylic acids is 1. The quantitative estimate of drug-likeness (QED) is 0.0228. The van der Waals surface area contributed by atoms with Crippen LogP contribution in [0.1, 0.15) is 278 Å². The van der Waals surface area contributed by atoms with E-state index in [0.29, 0.717) is 19.3 Å². The molecule has 0 saturated carbocycles. The molecule has 0 aliphatic carbocycles. The molecule has 1 saturated heterocycles. The lowest BCUT2D eigenvalue weighted by Gasteiger charge is -2.40. The Morgan fingerprint density at radius 1 is 0.453 bits per heavy atom. The van der Waals surface area contributed by atoms with E-state index in [1.54, 1.807) is 0 Å². The molecule has 12 nitrogen and oxygen atoms in total. The molecule has 1 rings (SSSR count). The Balaban J connectivity index is 2.66. The largest absolute Gasteiger partial charge is 0.479 e. The minimum Gasteiger partial charge on any atom is -0.479 e. The lowest BCUT2D eigenvalue weighted by Crippen LogP contribution is -2.61. The monoisotopic (exact) mass is 1060 g/mol. The molecule has 0 aromatic carbocycles. The van der Waals surface area contributed by atoms with Crippen molar-refractivity contribution in [3.8, 4) is 0 Å². The highest BCUT2D eigenvalue weighted by Crippen LogP contribution is 2.27. The number of carbonyl (C=O) groups excluding carboxylic acids is 3. The van der Waals surface area contributed by atoms with Crippen molar-refractivity contribution in [1.82, 2.24) is 0 Å². The zero-order valence-electron chi connectivity index (χ0n) is 47.8. The van der Waals surface area contributed by atoms with E-state index in [4.69, 9.17) is 23.7 Å². The number of rotatable bonds is 52. The van der Waals surface area contributed by atoms with Crippen LogP contribution in [0.2, 0.25) is 0 Å². The van der Waals surface area contributed by atoms with Crippen molar-refractivity contribution in [1.29, 1.82) is 0 Å². The second kappa shape index (κ2) is 51.4. The molecule has 1 heterocycles. The van der Waals surface area contributed by atoms with Gasteiger partial charge in [-0.2, -0.15) is 0 Å². The molecule has 1 aliphatic heterocycles. The Labute approximate surface area is 456 Å². The minimum atomic E-state index is -1.90. The molecule has 0 aromatic rings. The van der Waals surface area contributed by atoms with Gasteiger partial charge in [-0.1, -0.05) is 249 Å². The molecular weight excluding hydrogens is 949 g/mol. The molecule has 1 fully saturated rings. The summed E-state index contributed by atoms with van der Waals surface area (Å²) in [6, 6.07) is 0. The second-order valence-corrected chi connectivity index (χ2v) is 21.0. The average molecular weight is 1060 g/mol. The summed E-state index contributed by atoms with van der Waals surface area (Å²) >= 11 is 0. The van der Waals surface area contributed by atoms with Crippen molar-refractivity contribution < 1.29 is 58.2 Å². The molecule has 3 N–H and O–H groups in total. The fraction of sp³-hybridized carbons (Fsp3) is 0.810. The van der Waals surface area contributed by atoms with Crippen LogP contribution in [0.3, 0.4) is 0 Å². The van der Waals surface area contributed by atoms with Gasteiger partial charge in [0.25, 0.3) is 0 Å². The summed E-state index contributed by atoms with van der Waals surface area (Å²) in [5.41, 5.74) is 0. The number of carbonyl (C=O) groups is 4. The van der Waals surface area contributed by atoms with Crippen molar-refractivity contribution >= 4 is 23.9 Å². The number of hydrogen-bond donors (Lipinski definition) is 3. The fourth-order valence-electron chi connectivity index (χ4n) is 9.24. The number of carboxylic acid groups (broad SMARTS) is 1. The highest BCUT2D eigenvalue weighted by molar-refractivity contribution is 5.74. The van der Waals surface area contributed by atoms with Crippen LogP contribution < -0.4 is 0 Å². The minimum absolute atomic E-state index is 0.0631. The SMILES string of the molecule is CC/C=C\C/C=C\C/C=C\C/C=C\CCCCCCCCC(=O)OCC(COC1OC(C(=O)O)C(O)C(O)C1OC(=O)CCCCCCCCCCCCC)OC(=O)CCCCCCCCCCCCCCCCC. The number of ether oxygens (including phenoxy) is 5. The van der Waals surface area contributed by atoms with E-state index in [2.05, 4.69) is 69.4 Å². The molecular formula is C63H110O12. The van der Waals surface area contributed by atoms with Crippen LogP contribution in [0.4, 0.5) is 0 Å². The van der Waals surface area contributed by atoms with Crippen LogP contribution in [0.5, 0.6) is 0 Å². The van der Waals surface area contributed by atoms with E-state index >= 15 is 0 Å². The van der Waals surface area contributed by atoms with E-state index in [9.17, 15) is 34.5 Å². The van der Waals surface area contributed by atoms with Gasteiger partial charge in [0, 0.05) is 19.3 Å². The van der Waals surface area contributed by atoms with E-state index in [0.717, 1.165) is 109 Å². The first-order valence-electron chi connectivity index (χ1n) is 30.6. The Kier molecular flexibility index (Phi) is 47.8. The summed E-state index contributed by atoms with van der Waals surface area (Å²) in [5.74, 6) is -3.11. The Morgan fingerprint density at radius 3 is 1.28 bits per heavy atom. The first-order chi connectivity index (χ1) is 36.6. The molecule has 6 unspecified atom stereocenters. The summed E-state index contributed by atoms with van der Waals surface area (Å²) in [4.78, 5) is 51.1. The predicted octanol–water partition coefficient (Wildman–Crippen LogP) is 15.8. The van der Waals surface area contributed by atoms with E-state index in [-0.39, 0.29) is 25.9 Å². The van der Waals surface area contributed by atoms with Gasteiger partial charge < -0.3 is 39.0 Å². The van der Waals surface area contributed by atoms with Gasteiger partial charge in [-0.05, 0) is 57.8 Å². The predicted molar refractivity (Wildman–Crippen MR) is 303 cm³/mol. The van der Waals surface area contributed by atoms with Crippen molar-refractivity contribution in [3.63, 3.8) is 0 Å². The van der Waals surface area contributed by atoms with E-state index < -0.39 is 67.3 Å². The molecule has 0 aromatic heterocycles.